The first-order chi connectivity index (χ1) is 36.0. The van der Waals surface area contributed by atoms with Gasteiger partial charge in [0.25, 0.3) is 0 Å². The Labute approximate surface area is 461 Å². The first-order valence-electron chi connectivity index (χ1n) is 32.4. The van der Waals surface area contributed by atoms with Crippen LogP contribution in [0.1, 0.15) is 322 Å². The summed E-state index contributed by atoms with van der Waals surface area (Å²) in [7, 11) is 1.58. The van der Waals surface area contributed by atoms with Crippen LogP contribution in [0.4, 0.5) is 0 Å². The van der Waals surface area contributed by atoms with E-state index in [0.29, 0.717) is 17.4 Å². The number of amides is 1. The molecular formula is C65H128N2O6P+. The molecule has 3 atom stereocenters. The zero-order valence-electron chi connectivity index (χ0n) is 50.1. The number of hydrogen-bond acceptors (Lipinski definition) is 5. The molecule has 1 amide bonds. The number of unbranched alkanes of at least 4 members (excludes halogenated alkanes) is 43. The van der Waals surface area contributed by atoms with Crippen LogP contribution in [0.25, 0.3) is 0 Å². The molecule has 0 rings (SSSR count). The summed E-state index contributed by atoms with van der Waals surface area (Å²) in [5.41, 5.74) is 0. The molecule has 438 valence electrons. The molecule has 9 heteroatoms. The van der Waals surface area contributed by atoms with Crippen LogP contribution in [-0.2, 0) is 18.4 Å². The zero-order valence-corrected chi connectivity index (χ0v) is 51.0. The van der Waals surface area contributed by atoms with E-state index in [-0.39, 0.29) is 19.1 Å². The largest absolute Gasteiger partial charge is 0.472 e. The van der Waals surface area contributed by atoms with Crippen LogP contribution in [0.5, 0.6) is 0 Å². The fourth-order valence-corrected chi connectivity index (χ4v) is 10.5. The quantitative estimate of drug-likeness (QED) is 0.0243. The third kappa shape index (κ3) is 58.4. The number of likely N-dealkylation sites (N-methyl/N-ethyl adjacent to an activating group) is 1. The van der Waals surface area contributed by atoms with Gasteiger partial charge in [0.2, 0.25) is 5.91 Å². The van der Waals surface area contributed by atoms with Crippen molar-refractivity contribution in [2.24, 2.45) is 0 Å². The van der Waals surface area contributed by atoms with Gasteiger partial charge >= 0.3 is 7.82 Å². The Balaban J connectivity index is 3.89. The molecule has 0 aromatic carbocycles. The maximum absolute atomic E-state index is 13.0. The fraction of sp³-hybridized carbons (Fsp3) is 0.892. The molecule has 0 saturated carbocycles. The van der Waals surface area contributed by atoms with Gasteiger partial charge in [0.05, 0.1) is 39.9 Å². The van der Waals surface area contributed by atoms with Gasteiger partial charge in [-0.2, -0.15) is 0 Å². The second kappa shape index (κ2) is 56.4. The van der Waals surface area contributed by atoms with Gasteiger partial charge in [0.1, 0.15) is 13.2 Å². The van der Waals surface area contributed by atoms with Crippen LogP contribution < -0.4 is 5.32 Å². The minimum atomic E-state index is -4.34. The van der Waals surface area contributed by atoms with Crippen molar-refractivity contribution in [3.8, 4) is 0 Å². The zero-order chi connectivity index (χ0) is 54.2. The van der Waals surface area contributed by atoms with Crippen LogP contribution in [0.2, 0.25) is 0 Å². The van der Waals surface area contributed by atoms with E-state index in [1.165, 1.54) is 257 Å². The summed E-state index contributed by atoms with van der Waals surface area (Å²) in [5.74, 6) is -0.174. The second-order valence-electron chi connectivity index (χ2n) is 23.5. The van der Waals surface area contributed by atoms with Crippen LogP contribution >= 0.6 is 7.82 Å². The van der Waals surface area contributed by atoms with Crippen molar-refractivity contribution in [3.05, 3.63) is 36.5 Å². The summed E-state index contributed by atoms with van der Waals surface area (Å²) in [4.78, 5) is 23.3. The number of carbonyl (C=O) groups excluding carboxylic acids is 1. The normalized spacial score (nSPS) is 14.0. The third-order valence-corrected chi connectivity index (χ3v) is 15.8. The highest BCUT2D eigenvalue weighted by Crippen LogP contribution is 2.43. The van der Waals surface area contributed by atoms with Gasteiger partial charge < -0.3 is 19.8 Å². The van der Waals surface area contributed by atoms with Gasteiger partial charge in [-0.05, 0) is 51.4 Å². The number of aliphatic hydroxyl groups excluding tert-OH is 1. The summed E-state index contributed by atoms with van der Waals surface area (Å²) < 4.78 is 23.7. The predicted octanol–water partition coefficient (Wildman–Crippen LogP) is 20.1. The van der Waals surface area contributed by atoms with Crippen molar-refractivity contribution in [1.82, 2.24) is 5.32 Å². The molecule has 0 bridgehead atoms. The molecule has 0 aromatic rings. The van der Waals surface area contributed by atoms with E-state index in [2.05, 4.69) is 43.5 Å². The lowest BCUT2D eigenvalue weighted by Crippen LogP contribution is -2.45. The van der Waals surface area contributed by atoms with Gasteiger partial charge in [-0.1, -0.05) is 301 Å². The van der Waals surface area contributed by atoms with Crippen molar-refractivity contribution in [3.63, 3.8) is 0 Å². The number of rotatable bonds is 60. The van der Waals surface area contributed by atoms with E-state index in [4.69, 9.17) is 9.05 Å². The highest BCUT2D eigenvalue weighted by molar-refractivity contribution is 7.47. The van der Waals surface area contributed by atoms with Crippen LogP contribution in [0.3, 0.4) is 0 Å². The molecule has 0 saturated heterocycles. The molecule has 0 heterocycles. The lowest BCUT2D eigenvalue weighted by Gasteiger charge is -2.25. The minimum absolute atomic E-state index is 0.0627. The molecule has 3 unspecified atom stereocenters. The number of hydrogen-bond donors (Lipinski definition) is 3. The molecular weight excluding hydrogens is 936 g/mol. The van der Waals surface area contributed by atoms with Gasteiger partial charge in [-0.3, -0.25) is 13.8 Å². The topological polar surface area (TPSA) is 105 Å². The summed E-state index contributed by atoms with van der Waals surface area (Å²) >= 11 is 0. The third-order valence-electron chi connectivity index (χ3n) is 14.9. The van der Waals surface area contributed by atoms with Crippen molar-refractivity contribution >= 4 is 13.7 Å². The molecule has 0 radical (unpaired) electrons. The molecule has 0 spiro atoms. The number of nitrogens with zero attached hydrogens (tertiary/aromatic N) is 1. The summed E-state index contributed by atoms with van der Waals surface area (Å²) in [6.07, 6.45) is 74.4. The lowest BCUT2D eigenvalue weighted by atomic mass is 10.0. The van der Waals surface area contributed by atoms with E-state index in [1.54, 1.807) is 6.08 Å². The molecule has 3 N–H and O–H groups in total. The monoisotopic (exact) mass is 1060 g/mol. The standard InChI is InChI=1S/C65H127N2O6P/c1-6-8-10-12-14-16-18-20-21-22-23-24-25-26-27-28-29-30-31-32-33-34-35-36-37-38-39-40-41-42-43-44-45-47-49-51-53-55-57-59-65(69)66-63(62-73-74(70,71)72-61-60-67(3,4)5)64(68)58-56-54-52-50-48-46-19-17-15-13-11-9-7-2/h29-30,32-33,56,58,63-64,68H,6-28,31,34-55,57,59-62H2,1-5H3,(H-,66,69,70,71)/p+1/b30-29-,33-32-,58-56+. The Morgan fingerprint density at radius 3 is 1.11 bits per heavy atom. The first-order valence-corrected chi connectivity index (χ1v) is 33.9. The highest BCUT2D eigenvalue weighted by atomic mass is 31.2. The first kappa shape index (κ1) is 72.7. The molecule has 0 aliphatic heterocycles. The fourth-order valence-electron chi connectivity index (χ4n) is 9.78. The van der Waals surface area contributed by atoms with Crippen molar-refractivity contribution in [1.29, 1.82) is 0 Å². The van der Waals surface area contributed by atoms with Gasteiger partial charge in [0, 0.05) is 6.42 Å². The second-order valence-corrected chi connectivity index (χ2v) is 24.9. The van der Waals surface area contributed by atoms with E-state index >= 15 is 0 Å². The van der Waals surface area contributed by atoms with Crippen molar-refractivity contribution < 1.29 is 32.9 Å². The number of aliphatic hydroxyl groups is 1. The van der Waals surface area contributed by atoms with Crippen LogP contribution in [-0.4, -0.2) is 73.4 Å². The molecule has 74 heavy (non-hydrogen) atoms. The average molecular weight is 1060 g/mol. The van der Waals surface area contributed by atoms with E-state index < -0.39 is 20.0 Å². The maximum Gasteiger partial charge on any atom is 0.472 e. The minimum Gasteiger partial charge on any atom is -0.387 e. The van der Waals surface area contributed by atoms with E-state index in [0.717, 1.165) is 44.9 Å². The Hall–Kier alpha value is -1.28. The number of phosphoric ester groups is 1. The number of phosphoric acid groups is 1. The smallest absolute Gasteiger partial charge is 0.387 e. The number of nitrogens with one attached hydrogen (secondary N) is 1. The highest BCUT2D eigenvalue weighted by Gasteiger charge is 2.28. The molecule has 0 aliphatic carbocycles. The Morgan fingerprint density at radius 2 is 0.770 bits per heavy atom. The van der Waals surface area contributed by atoms with Crippen LogP contribution in [0.15, 0.2) is 36.5 Å². The van der Waals surface area contributed by atoms with Gasteiger partial charge in [-0.15, -0.1) is 0 Å². The molecule has 8 nitrogen and oxygen atoms in total. The molecule has 0 fully saturated rings. The van der Waals surface area contributed by atoms with Gasteiger partial charge in [0.15, 0.2) is 0 Å². The Kier molecular flexibility index (Phi) is 55.5. The summed E-state index contributed by atoms with van der Waals surface area (Å²) in [5, 5.41) is 13.9. The summed E-state index contributed by atoms with van der Waals surface area (Å²) in [6.45, 7) is 4.84. The SMILES string of the molecule is CCCCCCCCCCCCC/C=C/C(O)C(COP(=O)(O)OCC[N+](C)(C)C)NC(=O)CCCCCCCCCCCCCCCCCCC/C=C\C/C=C\CCCCCCCCCCCCCCCCC. The molecule has 0 aliphatic rings. The van der Waals surface area contributed by atoms with E-state index in [1.807, 2.05) is 27.2 Å². The molecule has 0 aromatic heterocycles. The predicted molar refractivity (Wildman–Crippen MR) is 323 cm³/mol. The lowest BCUT2D eigenvalue weighted by molar-refractivity contribution is -0.870. The van der Waals surface area contributed by atoms with Crippen molar-refractivity contribution in [2.75, 3.05) is 40.9 Å². The number of allylic oxidation sites excluding steroid dienone is 5. The van der Waals surface area contributed by atoms with Crippen molar-refractivity contribution in [2.45, 2.75) is 334 Å². The Morgan fingerprint density at radius 1 is 0.459 bits per heavy atom. The number of carbonyl (C=O) groups is 1. The average Bonchev–Trinajstić information content (AvgIpc) is 3.36. The summed E-state index contributed by atoms with van der Waals surface area (Å²) in [6, 6.07) is -0.845. The Bertz CT molecular complexity index is 1300. The maximum atomic E-state index is 13.0. The van der Waals surface area contributed by atoms with Crippen LogP contribution in [0, 0.1) is 0 Å². The van der Waals surface area contributed by atoms with Gasteiger partial charge in [-0.25, -0.2) is 4.57 Å². The number of quaternary nitrogens is 1. The van der Waals surface area contributed by atoms with E-state index in [9.17, 15) is 19.4 Å².